The molecule has 0 saturated carbocycles. The number of pyridine rings is 1. The van der Waals surface area contributed by atoms with Crippen LogP contribution in [0.2, 0.25) is 5.02 Å². The molecular formula is C20H19ClN4O. The average molecular weight is 367 g/mol. The van der Waals surface area contributed by atoms with Crippen LogP contribution < -0.4 is 5.56 Å². The highest BCUT2D eigenvalue weighted by Gasteiger charge is 2.21. The van der Waals surface area contributed by atoms with Crippen molar-refractivity contribution in [2.75, 3.05) is 6.54 Å². The molecule has 3 aromatic rings. The van der Waals surface area contributed by atoms with Crippen molar-refractivity contribution in [3.63, 3.8) is 0 Å². The first kappa shape index (κ1) is 16.9. The number of rotatable bonds is 3. The Hall–Kier alpha value is -2.50. The Bertz CT molecular complexity index is 1000. The van der Waals surface area contributed by atoms with E-state index in [4.69, 9.17) is 16.6 Å². The van der Waals surface area contributed by atoms with Crippen molar-refractivity contribution in [2.45, 2.75) is 26.4 Å². The Labute approximate surface area is 156 Å². The van der Waals surface area contributed by atoms with Crippen LogP contribution in [0.1, 0.15) is 22.4 Å². The number of aromatic nitrogens is 3. The molecule has 6 heteroatoms. The van der Waals surface area contributed by atoms with Crippen LogP contribution in [0.15, 0.2) is 47.5 Å². The summed E-state index contributed by atoms with van der Waals surface area (Å²) in [6.07, 6.45) is 4.10. The highest BCUT2D eigenvalue weighted by molar-refractivity contribution is 6.31. The summed E-state index contributed by atoms with van der Waals surface area (Å²) in [5.74, 6) is 0.594. The van der Waals surface area contributed by atoms with Gasteiger partial charge in [-0.15, -0.1) is 0 Å². The molecular weight excluding hydrogens is 348 g/mol. The van der Waals surface area contributed by atoms with Crippen LogP contribution in [0.25, 0.3) is 11.4 Å². The van der Waals surface area contributed by atoms with Crippen molar-refractivity contribution in [3.8, 4) is 11.4 Å². The molecule has 3 heterocycles. The monoisotopic (exact) mass is 366 g/mol. The molecule has 5 nitrogen and oxygen atoms in total. The number of aromatic amines is 1. The van der Waals surface area contributed by atoms with Crippen LogP contribution >= 0.6 is 11.6 Å². The predicted molar refractivity (Wildman–Crippen MR) is 102 cm³/mol. The fourth-order valence-corrected chi connectivity index (χ4v) is 3.47. The van der Waals surface area contributed by atoms with Gasteiger partial charge in [0.15, 0.2) is 0 Å². The maximum atomic E-state index is 12.5. The lowest BCUT2D eigenvalue weighted by Crippen LogP contribution is -2.35. The van der Waals surface area contributed by atoms with E-state index >= 15 is 0 Å². The number of nitrogens with zero attached hydrogens (tertiary/aromatic N) is 3. The first-order valence-electron chi connectivity index (χ1n) is 8.60. The lowest BCUT2D eigenvalue weighted by molar-refractivity contribution is 0.240. The number of hydrogen-bond acceptors (Lipinski definition) is 4. The van der Waals surface area contributed by atoms with Gasteiger partial charge in [-0.1, -0.05) is 23.7 Å². The lowest BCUT2D eigenvalue weighted by atomic mass is 10.0. The zero-order valence-electron chi connectivity index (χ0n) is 14.5. The lowest BCUT2D eigenvalue weighted by Gasteiger charge is -2.27. The van der Waals surface area contributed by atoms with E-state index in [1.807, 2.05) is 31.2 Å². The number of halogens is 1. The first-order chi connectivity index (χ1) is 12.6. The van der Waals surface area contributed by atoms with Crippen LogP contribution in [0, 0.1) is 6.92 Å². The van der Waals surface area contributed by atoms with E-state index in [0.29, 0.717) is 18.8 Å². The molecule has 0 radical (unpaired) electrons. The van der Waals surface area contributed by atoms with Gasteiger partial charge in [0.25, 0.3) is 5.56 Å². The zero-order valence-corrected chi connectivity index (χ0v) is 15.3. The zero-order chi connectivity index (χ0) is 18.1. The molecule has 0 atom stereocenters. The predicted octanol–water partition coefficient (Wildman–Crippen LogP) is 3.35. The second kappa shape index (κ2) is 7.02. The normalized spacial score (nSPS) is 14.2. The fraction of sp³-hybridized carbons (Fsp3) is 0.250. The average Bonchev–Trinajstić information content (AvgIpc) is 2.65. The van der Waals surface area contributed by atoms with Gasteiger partial charge in [-0.25, -0.2) is 4.98 Å². The van der Waals surface area contributed by atoms with Gasteiger partial charge in [-0.3, -0.25) is 14.7 Å². The molecule has 1 N–H and O–H groups in total. The largest absolute Gasteiger partial charge is 0.306 e. The van der Waals surface area contributed by atoms with Crippen molar-refractivity contribution in [2.24, 2.45) is 0 Å². The molecule has 0 spiro atoms. The maximum absolute atomic E-state index is 12.5. The van der Waals surface area contributed by atoms with Crippen molar-refractivity contribution in [1.29, 1.82) is 0 Å². The number of H-pyrrole nitrogens is 1. The molecule has 0 amide bonds. The Morgan fingerprint density at radius 3 is 2.81 bits per heavy atom. The molecule has 1 aromatic carbocycles. The van der Waals surface area contributed by atoms with Crippen LogP contribution in [-0.4, -0.2) is 26.4 Å². The molecule has 1 aliphatic heterocycles. The van der Waals surface area contributed by atoms with Crippen molar-refractivity contribution in [3.05, 3.63) is 80.5 Å². The van der Waals surface area contributed by atoms with Gasteiger partial charge in [0.05, 0.1) is 5.69 Å². The van der Waals surface area contributed by atoms with Gasteiger partial charge >= 0.3 is 0 Å². The van der Waals surface area contributed by atoms with E-state index in [2.05, 4.69) is 20.9 Å². The van der Waals surface area contributed by atoms with E-state index in [1.54, 1.807) is 12.4 Å². The highest BCUT2D eigenvalue weighted by atomic mass is 35.5. The topological polar surface area (TPSA) is 61.9 Å². The summed E-state index contributed by atoms with van der Waals surface area (Å²) in [7, 11) is 0. The quantitative estimate of drug-likeness (QED) is 0.772. The smallest absolute Gasteiger partial charge is 0.254 e. The van der Waals surface area contributed by atoms with Gasteiger partial charge in [0, 0.05) is 48.2 Å². The molecule has 26 heavy (non-hydrogen) atoms. The fourth-order valence-electron chi connectivity index (χ4n) is 3.27. The van der Waals surface area contributed by atoms with E-state index < -0.39 is 0 Å². The standard InChI is InChI=1S/C20H19ClN4O/c1-13-2-3-14(10-17(13)21)11-25-9-6-16-18(12-25)23-19(24-20(16)26)15-4-7-22-8-5-15/h2-5,7-8,10H,6,9,11-12H2,1H3,(H,23,24,26). The first-order valence-corrected chi connectivity index (χ1v) is 8.98. The molecule has 0 saturated heterocycles. The molecule has 4 rings (SSSR count). The van der Waals surface area contributed by atoms with E-state index in [0.717, 1.165) is 40.5 Å². The van der Waals surface area contributed by atoms with Crippen LogP contribution in [0.3, 0.4) is 0 Å². The number of hydrogen-bond donors (Lipinski definition) is 1. The van der Waals surface area contributed by atoms with E-state index in [9.17, 15) is 4.79 Å². The number of aryl methyl sites for hydroxylation is 1. The van der Waals surface area contributed by atoms with Gasteiger partial charge in [0.2, 0.25) is 0 Å². The minimum atomic E-state index is -0.0418. The van der Waals surface area contributed by atoms with Crippen LogP contribution in [0.4, 0.5) is 0 Å². The Morgan fingerprint density at radius 1 is 1.23 bits per heavy atom. The highest BCUT2D eigenvalue weighted by Crippen LogP contribution is 2.22. The summed E-state index contributed by atoms with van der Waals surface area (Å²) >= 11 is 6.24. The minimum Gasteiger partial charge on any atom is -0.306 e. The molecule has 132 valence electrons. The SMILES string of the molecule is Cc1ccc(CN2CCc3c(nc(-c4ccncc4)[nH]c3=O)C2)cc1Cl. The minimum absolute atomic E-state index is 0.0418. The van der Waals surface area contributed by atoms with Gasteiger partial charge in [-0.05, 0) is 42.7 Å². The summed E-state index contributed by atoms with van der Waals surface area (Å²) in [5, 5.41) is 0.787. The second-order valence-electron chi connectivity index (χ2n) is 6.62. The third-order valence-electron chi connectivity index (χ3n) is 4.75. The molecule has 0 unspecified atom stereocenters. The molecule has 0 fully saturated rings. The number of nitrogens with one attached hydrogen (secondary N) is 1. The van der Waals surface area contributed by atoms with Crippen LogP contribution in [-0.2, 0) is 19.5 Å². The van der Waals surface area contributed by atoms with Crippen LogP contribution in [0.5, 0.6) is 0 Å². The Kier molecular flexibility index (Phi) is 4.57. The van der Waals surface area contributed by atoms with E-state index in [1.165, 1.54) is 5.56 Å². The summed E-state index contributed by atoms with van der Waals surface area (Å²) in [4.78, 5) is 26.4. The summed E-state index contributed by atoms with van der Waals surface area (Å²) in [5.41, 5.74) is 4.71. The number of fused-ring (bicyclic) bond motifs is 1. The second-order valence-corrected chi connectivity index (χ2v) is 7.03. The van der Waals surface area contributed by atoms with Crippen molar-refractivity contribution in [1.82, 2.24) is 19.9 Å². The summed E-state index contributed by atoms with van der Waals surface area (Å²) in [6, 6.07) is 9.85. The van der Waals surface area contributed by atoms with E-state index in [-0.39, 0.29) is 5.56 Å². The summed E-state index contributed by atoms with van der Waals surface area (Å²) < 4.78 is 0. The Balaban J connectivity index is 1.60. The Morgan fingerprint density at radius 2 is 2.04 bits per heavy atom. The maximum Gasteiger partial charge on any atom is 0.254 e. The third-order valence-corrected chi connectivity index (χ3v) is 5.16. The van der Waals surface area contributed by atoms with Crippen molar-refractivity contribution < 1.29 is 0 Å². The molecule has 0 aliphatic carbocycles. The number of benzene rings is 1. The summed E-state index contributed by atoms with van der Waals surface area (Å²) in [6.45, 7) is 4.28. The van der Waals surface area contributed by atoms with Gasteiger partial charge in [-0.2, -0.15) is 0 Å². The van der Waals surface area contributed by atoms with Gasteiger partial charge < -0.3 is 4.98 Å². The van der Waals surface area contributed by atoms with Gasteiger partial charge in [0.1, 0.15) is 5.82 Å². The molecule has 2 aromatic heterocycles. The van der Waals surface area contributed by atoms with Crippen molar-refractivity contribution >= 4 is 11.6 Å². The third kappa shape index (κ3) is 3.41. The molecule has 0 bridgehead atoms. The molecule has 1 aliphatic rings.